The van der Waals surface area contributed by atoms with Crippen LogP contribution < -0.4 is 0 Å². The van der Waals surface area contributed by atoms with Crippen LogP contribution in [0.25, 0.3) is 11.4 Å². The number of aromatic nitrogens is 4. The molecular weight excluding hydrogens is 384 g/mol. The first-order chi connectivity index (χ1) is 15.3. The molecular formula is C25H28N6. The van der Waals surface area contributed by atoms with Gasteiger partial charge in [0.25, 0.3) is 0 Å². The highest BCUT2D eigenvalue weighted by Gasteiger charge is 2.16. The van der Waals surface area contributed by atoms with Crippen molar-refractivity contribution < 1.29 is 0 Å². The van der Waals surface area contributed by atoms with Crippen molar-refractivity contribution in [1.29, 1.82) is 0 Å². The fourth-order valence-electron chi connectivity index (χ4n) is 4.18. The van der Waals surface area contributed by atoms with Crippen LogP contribution >= 0.6 is 0 Å². The summed E-state index contributed by atoms with van der Waals surface area (Å²) in [5, 5.41) is 9.09. The normalized spacial score (nSPS) is 15.7. The number of benzene rings is 2. The highest BCUT2D eigenvalue weighted by Crippen LogP contribution is 2.14. The first kappa shape index (κ1) is 19.7. The first-order valence-corrected chi connectivity index (χ1v) is 11.0. The van der Waals surface area contributed by atoms with Crippen molar-refractivity contribution >= 4 is 0 Å². The molecule has 0 bridgehead atoms. The van der Waals surface area contributed by atoms with Crippen LogP contribution in [-0.2, 0) is 13.1 Å². The number of rotatable bonds is 6. The van der Waals surface area contributed by atoms with Crippen LogP contribution in [0, 0.1) is 0 Å². The van der Waals surface area contributed by atoms with Gasteiger partial charge in [0.1, 0.15) is 0 Å². The van der Waals surface area contributed by atoms with Crippen molar-refractivity contribution in [2.45, 2.75) is 19.5 Å². The van der Waals surface area contributed by atoms with Crippen LogP contribution in [0.3, 0.4) is 0 Å². The number of nitrogens with zero attached hydrogens (tertiary/aromatic N) is 6. The molecule has 1 saturated heterocycles. The van der Waals surface area contributed by atoms with Gasteiger partial charge in [0.15, 0.2) is 0 Å². The van der Waals surface area contributed by atoms with E-state index in [1.807, 2.05) is 58.2 Å². The lowest BCUT2D eigenvalue weighted by molar-refractivity contribution is 0.247. The van der Waals surface area contributed by atoms with Crippen molar-refractivity contribution in [1.82, 2.24) is 29.4 Å². The lowest BCUT2D eigenvalue weighted by atomic mass is 10.3. The van der Waals surface area contributed by atoms with Crippen LogP contribution in [0.5, 0.6) is 0 Å². The Morgan fingerprint density at radius 3 is 1.48 bits per heavy atom. The topological polar surface area (TPSA) is 42.1 Å². The van der Waals surface area contributed by atoms with E-state index < -0.39 is 0 Å². The monoisotopic (exact) mass is 412 g/mol. The van der Waals surface area contributed by atoms with Crippen molar-refractivity contribution in [3.05, 3.63) is 96.6 Å². The van der Waals surface area contributed by atoms with Crippen LogP contribution in [0.1, 0.15) is 17.5 Å². The standard InChI is InChI=1S/C25H28N6/c1-3-8-24(9-4-1)30-20-22(16-26-30)18-28-12-7-13-29(15-14-28)19-23-17-27-31(21-23)25-10-5-2-6-11-25/h1-6,8-11,16-17,20-21H,7,12-15,18-19H2. The second kappa shape index (κ2) is 9.29. The number of para-hydroxylation sites is 2. The van der Waals surface area contributed by atoms with E-state index in [0.29, 0.717) is 0 Å². The molecule has 2 aromatic carbocycles. The molecule has 0 unspecified atom stereocenters. The molecule has 5 rings (SSSR count). The molecule has 0 N–H and O–H groups in total. The summed E-state index contributed by atoms with van der Waals surface area (Å²) in [6.07, 6.45) is 9.47. The summed E-state index contributed by atoms with van der Waals surface area (Å²) in [5.41, 5.74) is 4.74. The van der Waals surface area contributed by atoms with Gasteiger partial charge in [-0.25, -0.2) is 9.36 Å². The number of hydrogen-bond acceptors (Lipinski definition) is 4. The van der Waals surface area contributed by atoms with Crippen LogP contribution in [0.15, 0.2) is 85.5 Å². The molecule has 0 atom stereocenters. The zero-order valence-electron chi connectivity index (χ0n) is 17.7. The Kier molecular flexibility index (Phi) is 5.91. The van der Waals surface area contributed by atoms with Crippen LogP contribution in [-0.4, -0.2) is 55.5 Å². The Morgan fingerprint density at radius 1 is 0.581 bits per heavy atom. The van der Waals surface area contributed by atoms with E-state index in [9.17, 15) is 0 Å². The molecule has 1 aliphatic heterocycles. The Hall–Kier alpha value is -3.22. The van der Waals surface area contributed by atoms with Crippen molar-refractivity contribution in [2.24, 2.45) is 0 Å². The van der Waals surface area contributed by atoms with Crippen molar-refractivity contribution in [3.8, 4) is 11.4 Å². The second-order valence-electron chi connectivity index (χ2n) is 8.16. The maximum absolute atomic E-state index is 4.54. The first-order valence-electron chi connectivity index (χ1n) is 11.0. The predicted molar refractivity (Wildman–Crippen MR) is 122 cm³/mol. The number of hydrogen-bond donors (Lipinski definition) is 0. The van der Waals surface area contributed by atoms with Gasteiger partial charge in [0.2, 0.25) is 0 Å². The minimum atomic E-state index is 0.951. The molecule has 6 nitrogen and oxygen atoms in total. The van der Waals surface area contributed by atoms with E-state index in [2.05, 4.69) is 56.7 Å². The summed E-state index contributed by atoms with van der Waals surface area (Å²) < 4.78 is 3.92. The lowest BCUT2D eigenvalue weighted by Crippen LogP contribution is -2.30. The van der Waals surface area contributed by atoms with E-state index in [4.69, 9.17) is 0 Å². The average Bonchev–Trinajstić information content (AvgIpc) is 3.42. The van der Waals surface area contributed by atoms with Gasteiger partial charge in [-0.15, -0.1) is 0 Å². The average molecular weight is 413 g/mol. The van der Waals surface area contributed by atoms with Crippen molar-refractivity contribution in [2.75, 3.05) is 26.2 Å². The molecule has 4 aromatic rings. The van der Waals surface area contributed by atoms with Crippen LogP contribution in [0.4, 0.5) is 0 Å². The fraction of sp³-hybridized carbons (Fsp3) is 0.280. The third-order valence-corrected chi connectivity index (χ3v) is 5.81. The summed E-state index contributed by atoms with van der Waals surface area (Å²) in [6.45, 7) is 6.29. The molecule has 31 heavy (non-hydrogen) atoms. The Balaban J connectivity index is 1.16. The van der Waals surface area contributed by atoms with Gasteiger partial charge in [0.05, 0.1) is 23.8 Å². The zero-order chi connectivity index (χ0) is 20.9. The van der Waals surface area contributed by atoms with Gasteiger partial charge in [-0.3, -0.25) is 9.80 Å². The molecule has 0 saturated carbocycles. The van der Waals surface area contributed by atoms with Gasteiger partial charge in [-0.1, -0.05) is 36.4 Å². The third kappa shape index (κ3) is 4.93. The molecule has 1 fully saturated rings. The molecule has 6 heteroatoms. The maximum Gasteiger partial charge on any atom is 0.0645 e. The van der Waals surface area contributed by atoms with Gasteiger partial charge in [0, 0.05) is 49.7 Å². The van der Waals surface area contributed by atoms with E-state index >= 15 is 0 Å². The smallest absolute Gasteiger partial charge is 0.0645 e. The molecule has 0 spiro atoms. The molecule has 0 aliphatic carbocycles. The third-order valence-electron chi connectivity index (χ3n) is 5.81. The predicted octanol–water partition coefficient (Wildman–Crippen LogP) is 3.77. The highest BCUT2D eigenvalue weighted by atomic mass is 15.3. The van der Waals surface area contributed by atoms with Crippen molar-refractivity contribution in [3.63, 3.8) is 0 Å². The molecule has 0 amide bonds. The summed E-state index contributed by atoms with van der Waals surface area (Å²) in [6, 6.07) is 20.6. The Morgan fingerprint density at radius 2 is 1.03 bits per heavy atom. The largest absolute Gasteiger partial charge is 0.298 e. The van der Waals surface area contributed by atoms with Crippen LogP contribution in [0.2, 0.25) is 0 Å². The summed E-state index contributed by atoms with van der Waals surface area (Å²) in [5.74, 6) is 0. The molecule has 2 aromatic heterocycles. The molecule has 3 heterocycles. The van der Waals surface area contributed by atoms with E-state index in [0.717, 1.165) is 50.6 Å². The highest BCUT2D eigenvalue weighted by molar-refractivity contribution is 5.31. The Bertz CT molecular complexity index is 998. The van der Waals surface area contributed by atoms with Gasteiger partial charge in [-0.2, -0.15) is 10.2 Å². The SMILES string of the molecule is c1ccc(-n2cc(CN3CCCN(Cc4cnn(-c5ccccc5)c4)CC3)cn2)cc1. The summed E-state index contributed by atoms with van der Waals surface area (Å²) in [4.78, 5) is 5.08. The fourth-order valence-corrected chi connectivity index (χ4v) is 4.18. The Labute approximate surface area is 183 Å². The van der Waals surface area contributed by atoms with Gasteiger partial charge >= 0.3 is 0 Å². The van der Waals surface area contributed by atoms with E-state index in [1.165, 1.54) is 17.5 Å². The second-order valence-corrected chi connectivity index (χ2v) is 8.16. The van der Waals surface area contributed by atoms with E-state index in [-0.39, 0.29) is 0 Å². The summed E-state index contributed by atoms with van der Waals surface area (Å²) in [7, 11) is 0. The zero-order valence-corrected chi connectivity index (χ0v) is 17.7. The molecule has 0 radical (unpaired) electrons. The van der Waals surface area contributed by atoms with E-state index in [1.54, 1.807) is 0 Å². The summed E-state index contributed by atoms with van der Waals surface area (Å²) >= 11 is 0. The van der Waals surface area contributed by atoms with Gasteiger partial charge in [-0.05, 0) is 43.8 Å². The van der Waals surface area contributed by atoms with Gasteiger partial charge < -0.3 is 0 Å². The lowest BCUT2D eigenvalue weighted by Gasteiger charge is -2.21. The maximum atomic E-state index is 4.54. The molecule has 1 aliphatic rings. The minimum Gasteiger partial charge on any atom is -0.298 e. The molecule has 158 valence electrons. The quantitative estimate of drug-likeness (QED) is 0.484. The minimum absolute atomic E-state index is 0.951.